The lowest BCUT2D eigenvalue weighted by atomic mass is 9.60. The van der Waals surface area contributed by atoms with E-state index in [1.165, 1.54) is 37.7 Å². The van der Waals surface area contributed by atoms with E-state index in [0.29, 0.717) is 11.8 Å². The van der Waals surface area contributed by atoms with E-state index < -0.39 is 5.60 Å². The van der Waals surface area contributed by atoms with E-state index in [4.69, 9.17) is 0 Å². The molecule has 0 spiro atoms. The van der Waals surface area contributed by atoms with Gasteiger partial charge in [-0.15, -0.1) is 0 Å². The SMILES string of the molecule is C=C(C)[C@H]1CC[C@H]2CCC[C@@](C)(O)[C@@H]2C1. The fourth-order valence-electron chi connectivity index (χ4n) is 3.70. The Kier molecular flexibility index (Phi) is 2.94. The molecule has 0 aromatic carbocycles. The molecule has 0 unspecified atom stereocenters. The largest absolute Gasteiger partial charge is 0.390 e. The first-order valence-corrected chi connectivity index (χ1v) is 6.38. The predicted octanol–water partition coefficient (Wildman–Crippen LogP) is 3.53. The smallest absolute Gasteiger partial charge is 0.0650 e. The summed E-state index contributed by atoms with van der Waals surface area (Å²) in [5, 5.41) is 10.4. The molecule has 0 aromatic rings. The van der Waals surface area contributed by atoms with Gasteiger partial charge in [0.25, 0.3) is 0 Å². The zero-order valence-corrected chi connectivity index (χ0v) is 10.1. The van der Waals surface area contributed by atoms with Crippen LogP contribution in [0.3, 0.4) is 0 Å². The minimum Gasteiger partial charge on any atom is -0.390 e. The van der Waals surface area contributed by atoms with Gasteiger partial charge in [0.1, 0.15) is 0 Å². The molecule has 1 N–H and O–H groups in total. The number of rotatable bonds is 1. The van der Waals surface area contributed by atoms with Crippen LogP contribution in [0.25, 0.3) is 0 Å². The second-order valence-electron chi connectivity index (χ2n) is 5.97. The van der Waals surface area contributed by atoms with Crippen LogP contribution in [-0.4, -0.2) is 10.7 Å². The third-order valence-corrected chi connectivity index (χ3v) is 4.75. The Hall–Kier alpha value is -0.300. The third-order valence-electron chi connectivity index (χ3n) is 4.75. The van der Waals surface area contributed by atoms with Crippen LogP contribution in [0.5, 0.6) is 0 Å². The first-order valence-electron chi connectivity index (χ1n) is 6.38. The van der Waals surface area contributed by atoms with Gasteiger partial charge in [-0.3, -0.25) is 0 Å². The van der Waals surface area contributed by atoms with Gasteiger partial charge in [-0.05, 0) is 63.7 Å². The van der Waals surface area contributed by atoms with E-state index in [2.05, 4.69) is 13.5 Å². The standard InChI is InChI=1S/C14H24O/c1-10(2)12-7-6-11-5-4-8-14(3,15)13(11)9-12/h11-13,15H,1,4-9H2,2-3H3/t11-,12+,13-,14-/m1/s1. The lowest BCUT2D eigenvalue weighted by molar-refractivity contribution is -0.0805. The highest BCUT2D eigenvalue weighted by molar-refractivity contribution is 5.03. The maximum Gasteiger partial charge on any atom is 0.0650 e. The van der Waals surface area contributed by atoms with Crippen molar-refractivity contribution < 1.29 is 5.11 Å². The van der Waals surface area contributed by atoms with Gasteiger partial charge in [0.15, 0.2) is 0 Å². The topological polar surface area (TPSA) is 20.2 Å². The molecule has 4 atom stereocenters. The average molecular weight is 208 g/mol. The van der Waals surface area contributed by atoms with Gasteiger partial charge in [-0.1, -0.05) is 18.6 Å². The van der Waals surface area contributed by atoms with Gasteiger partial charge in [0, 0.05) is 0 Å². The van der Waals surface area contributed by atoms with Crippen molar-refractivity contribution in [3.63, 3.8) is 0 Å². The maximum atomic E-state index is 10.4. The Morgan fingerprint density at radius 2 is 2.07 bits per heavy atom. The van der Waals surface area contributed by atoms with Crippen LogP contribution in [0, 0.1) is 17.8 Å². The van der Waals surface area contributed by atoms with Gasteiger partial charge in [-0.2, -0.15) is 0 Å². The highest BCUT2D eigenvalue weighted by Gasteiger charge is 2.43. The van der Waals surface area contributed by atoms with E-state index >= 15 is 0 Å². The van der Waals surface area contributed by atoms with Crippen LogP contribution in [0.2, 0.25) is 0 Å². The Morgan fingerprint density at radius 1 is 1.33 bits per heavy atom. The quantitative estimate of drug-likeness (QED) is 0.654. The lowest BCUT2D eigenvalue weighted by Crippen LogP contribution is -2.45. The van der Waals surface area contributed by atoms with Crippen molar-refractivity contribution in [3.8, 4) is 0 Å². The molecule has 0 aliphatic heterocycles. The number of hydrogen-bond acceptors (Lipinski definition) is 1. The number of hydrogen-bond donors (Lipinski definition) is 1. The molecular formula is C14H24O. The van der Waals surface area contributed by atoms with Crippen molar-refractivity contribution in [2.75, 3.05) is 0 Å². The molecule has 0 amide bonds. The fraction of sp³-hybridized carbons (Fsp3) is 0.857. The van der Waals surface area contributed by atoms with Crippen LogP contribution in [0.4, 0.5) is 0 Å². The Labute approximate surface area is 93.6 Å². The normalized spacial score (nSPS) is 45.9. The summed E-state index contributed by atoms with van der Waals surface area (Å²) in [5.41, 5.74) is 0.909. The summed E-state index contributed by atoms with van der Waals surface area (Å²) in [6.45, 7) is 8.27. The van der Waals surface area contributed by atoms with Crippen molar-refractivity contribution >= 4 is 0 Å². The van der Waals surface area contributed by atoms with Crippen molar-refractivity contribution in [2.45, 2.75) is 58.0 Å². The Balaban J connectivity index is 2.10. The number of fused-ring (bicyclic) bond motifs is 1. The molecule has 2 rings (SSSR count). The monoisotopic (exact) mass is 208 g/mol. The summed E-state index contributed by atoms with van der Waals surface area (Å²) in [6.07, 6.45) is 7.32. The van der Waals surface area contributed by atoms with Crippen LogP contribution in [0.15, 0.2) is 12.2 Å². The molecule has 0 aromatic heterocycles. The second-order valence-corrected chi connectivity index (χ2v) is 5.97. The molecule has 0 saturated heterocycles. The summed E-state index contributed by atoms with van der Waals surface area (Å²) in [4.78, 5) is 0. The zero-order chi connectivity index (χ0) is 11.1. The van der Waals surface area contributed by atoms with E-state index in [1.54, 1.807) is 0 Å². The fourth-order valence-corrected chi connectivity index (χ4v) is 3.70. The summed E-state index contributed by atoms with van der Waals surface area (Å²) in [6, 6.07) is 0. The third kappa shape index (κ3) is 2.13. The minimum absolute atomic E-state index is 0.406. The summed E-state index contributed by atoms with van der Waals surface area (Å²) >= 11 is 0. The summed E-state index contributed by atoms with van der Waals surface area (Å²) < 4.78 is 0. The van der Waals surface area contributed by atoms with Crippen LogP contribution < -0.4 is 0 Å². The molecular weight excluding hydrogens is 184 g/mol. The van der Waals surface area contributed by atoms with Crippen molar-refractivity contribution in [2.24, 2.45) is 17.8 Å². The van der Waals surface area contributed by atoms with E-state index in [9.17, 15) is 5.11 Å². The summed E-state index contributed by atoms with van der Waals surface area (Å²) in [7, 11) is 0. The van der Waals surface area contributed by atoms with Gasteiger partial charge in [0.2, 0.25) is 0 Å². The van der Waals surface area contributed by atoms with Crippen LogP contribution >= 0.6 is 0 Å². The molecule has 2 fully saturated rings. The molecule has 0 radical (unpaired) electrons. The molecule has 15 heavy (non-hydrogen) atoms. The van der Waals surface area contributed by atoms with Gasteiger partial charge in [0.05, 0.1) is 5.60 Å². The predicted molar refractivity (Wildman–Crippen MR) is 63.6 cm³/mol. The van der Waals surface area contributed by atoms with E-state index in [1.807, 2.05) is 6.92 Å². The molecule has 2 saturated carbocycles. The highest BCUT2D eigenvalue weighted by Crippen LogP contribution is 2.48. The Morgan fingerprint density at radius 3 is 2.73 bits per heavy atom. The van der Waals surface area contributed by atoms with Crippen molar-refractivity contribution in [1.82, 2.24) is 0 Å². The van der Waals surface area contributed by atoms with Gasteiger partial charge < -0.3 is 5.11 Å². The first kappa shape index (κ1) is 11.2. The Bertz CT molecular complexity index is 254. The molecule has 0 heterocycles. The van der Waals surface area contributed by atoms with Crippen LogP contribution in [-0.2, 0) is 0 Å². The van der Waals surface area contributed by atoms with Crippen LogP contribution in [0.1, 0.15) is 52.4 Å². The molecule has 2 aliphatic carbocycles. The van der Waals surface area contributed by atoms with E-state index in [0.717, 1.165) is 12.3 Å². The molecule has 1 nitrogen and oxygen atoms in total. The second kappa shape index (κ2) is 3.93. The zero-order valence-electron chi connectivity index (χ0n) is 10.1. The number of aliphatic hydroxyl groups is 1. The molecule has 1 heteroatoms. The molecule has 2 aliphatic rings. The van der Waals surface area contributed by atoms with Gasteiger partial charge >= 0.3 is 0 Å². The van der Waals surface area contributed by atoms with Gasteiger partial charge in [-0.25, -0.2) is 0 Å². The van der Waals surface area contributed by atoms with Crippen molar-refractivity contribution in [1.29, 1.82) is 0 Å². The number of allylic oxidation sites excluding steroid dienone is 1. The minimum atomic E-state index is -0.406. The maximum absolute atomic E-state index is 10.4. The summed E-state index contributed by atoms with van der Waals surface area (Å²) in [5.74, 6) is 1.97. The molecule has 86 valence electrons. The average Bonchev–Trinajstić information content (AvgIpc) is 2.17. The highest BCUT2D eigenvalue weighted by atomic mass is 16.3. The van der Waals surface area contributed by atoms with E-state index in [-0.39, 0.29) is 0 Å². The van der Waals surface area contributed by atoms with Crippen molar-refractivity contribution in [3.05, 3.63) is 12.2 Å². The molecule has 0 bridgehead atoms. The first-order chi connectivity index (χ1) is 7.00. The lowest BCUT2D eigenvalue weighted by Gasteiger charge is -2.47.